The van der Waals surface area contributed by atoms with Crippen LogP contribution in [0.25, 0.3) is 0 Å². The molecular weight excluding hydrogens is 220 g/mol. The lowest BCUT2D eigenvalue weighted by Gasteiger charge is -2.68. The molecule has 0 unspecified atom stereocenters. The average Bonchev–Trinajstić information content (AvgIpc) is 2.59. The van der Waals surface area contributed by atoms with Crippen LogP contribution in [-0.2, 0) is 10.2 Å². The molecule has 1 aromatic rings. The molecular formula is C13H12O4. The molecule has 1 aromatic carbocycles. The van der Waals surface area contributed by atoms with Crippen LogP contribution in [0.4, 0.5) is 0 Å². The largest absolute Gasteiger partial charge is 0.481 e. The van der Waals surface area contributed by atoms with Crippen molar-refractivity contribution in [1.82, 2.24) is 0 Å². The fourth-order valence-corrected chi connectivity index (χ4v) is 3.55. The Balaban J connectivity index is 1.64. The van der Waals surface area contributed by atoms with Gasteiger partial charge in [0.1, 0.15) is 0 Å². The molecule has 0 saturated heterocycles. The van der Waals surface area contributed by atoms with E-state index in [-0.39, 0.29) is 12.2 Å². The third-order valence-corrected chi connectivity index (χ3v) is 4.47. The minimum absolute atomic E-state index is 0.0966. The molecule has 2 bridgehead atoms. The molecule has 4 nitrogen and oxygen atoms in total. The summed E-state index contributed by atoms with van der Waals surface area (Å²) in [6.45, 7) is 0.283. The van der Waals surface area contributed by atoms with E-state index in [4.69, 9.17) is 14.6 Å². The SMILES string of the molecule is O=C(O)C12CC(c3ccc4c(c3)OCO4)(C1)C2. The summed E-state index contributed by atoms with van der Waals surface area (Å²) in [7, 11) is 0. The maximum atomic E-state index is 11.1. The van der Waals surface area contributed by atoms with E-state index in [1.54, 1.807) is 0 Å². The van der Waals surface area contributed by atoms with Gasteiger partial charge in [-0.1, -0.05) is 6.07 Å². The zero-order valence-corrected chi connectivity index (χ0v) is 9.23. The summed E-state index contributed by atoms with van der Waals surface area (Å²) >= 11 is 0. The predicted molar refractivity (Wildman–Crippen MR) is 58.2 cm³/mol. The molecule has 0 amide bonds. The van der Waals surface area contributed by atoms with Gasteiger partial charge in [0.15, 0.2) is 11.5 Å². The number of aliphatic carboxylic acids is 1. The molecule has 3 aliphatic carbocycles. The molecule has 0 aromatic heterocycles. The summed E-state index contributed by atoms with van der Waals surface area (Å²) in [4.78, 5) is 11.1. The number of hydrogen-bond acceptors (Lipinski definition) is 3. The van der Waals surface area contributed by atoms with Gasteiger partial charge >= 0.3 is 5.97 Å². The predicted octanol–water partition coefficient (Wildman–Crippen LogP) is 1.92. The van der Waals surface area contributed by atoms with E-state index in [1.807, 2.05) is 18.2 Å². The average molecular weight is 232 g/mol. The second-order valence-electron chi connectivity index (χ2n) is 5.46. The minimum atomic E-state index is -0.639. The number of ether oxygens (including phenoxy) is 2. The van der Waals surface area contributed by atoms with Crippen LogP contribution in [0.1, 0.15) is 24.8 Å². The monoisotopic (exact) mass is 232 g/mol. The summed E-state index contributed by atoms with van der Waals surface area (Å²) in [5, 5.41) is 9.10. The van der Waals surface area contributed by atoms with Crippen LogP contribution >= 0.6 is 0 Å². The van der Waals surface area contributed by atoms with Crippen LogP contribution in [-0.4, -0.2) is 17.9 Å². The summed E-state index contributed by atoms with van der Waals surface area (Å²) < 4.78 is 10.6. The number of carboxylic acids is 1. The maximum Gasteiger partial charge on any atom is 0.309 e. The van der Waals surface area contributed by atoms with Crippen molar-refractivity contribution in [2.75, 3.05) is 6.79 Å². The Bertz CT molecular complexity index is 514. The van der Waals surface area contributed by atoms with Crippen molar-refractivity contribution < 1.29 is 19.4 Å². The van der Waals surface area contributed by atoms with E-state index < -0.39 is 11.4 Å². The molecule has 0 atom stereocenters. The van der Waals surface area contributed by atoms with Gasteiger partial charge in [0.05, 0.1) is 5.41 Å². The quantitative estimate of drug-likeness (QED) is 0.846. The highest BCUT2D eigenvalue weighted by molar-refractivity contribution is 5.81. The molecule has 3 fully saturated rings. The topological polar surface area (TPSA) is 55.8 Å². The lowest BCUT2D eigenvalue weighted by atomic mass is 9.33. The van der Waals surface area contributed by atoms with Crippen molar-refractivity contribution in [3.63, 3.8) is 0 Å². The molecule has 1 heterocycles. The van der Waals surface area contributed by atoms with Gasteiger partial charge in [0, 0.05) is 0 Å². The Kier molecular flexibility index (Phi) is 1.42. The lowest BCUT2D eigenvalue weighted by molar-refractivity contribution is -0.194. The first-order chi connectivity index (χ1) is 8.14. The summed E-state index contributed by atoms with van der Waals surface area (Å²) in [6, 6.07) is 5.97. The summed E-state index contributed by atoms with van der Waals surface area (Å²) in [5.41, 5.74) is 0.875. The Labute approximate surface area is 98.2 Å². The Morgan fingerprint density at radius 1 is 1.18 bits per heavy atom. The van der Waals surface area contributed by atoms with E-state index in [2.05, 4.69) is 0 Å². The molecule has 17 heavy (non-hydrogen) atoms. The normalized spacial score (nSPS) is 36.0. The second kappa shape index (κ2) is 2.58. The van der Waals surface area contributed by atoms with Crippen LogP contribution < -0.4 is 9.47 Å². The molecule has 0 radical (unpaired) electrons. The Morgan fingerprint density at radius 2 is 1.88 bits per heavy atom. The minimum Gasteiger partial charge on any atom is -0.481 e. The number of benzene rings is 1. The first-order valence-corrected chi connectivity index (χ1v) is 5.77. The first kappa shape index (κ1) is 9.33. The number of carboxylic acid groups (broad SMARTS) is 1. The number of carbonyl (C=O) groups is 1. The van der Waals surface area contributed by atoms with Gasteiger partial charge in [-0.25, -0.2) is 0 Å². The molecule has 4 aliphatic rings. The van der Waals surface area contributed by atoms with E-state index in [0.29, 0.717) is 0 Å². The van der Waals surface area contributed by atoms with Gasteiger partial charge in [-0.15, -0.1) is 0 Å². The molecule has 88 valence electrons. The zero-order chi connectivity index (χ0) is 11.7. The Morgan fingerprint density at radius 3 is 2.59 bits per heavy atom. The van der Waals surface area contributed by atoms with Crippen molar-refractivity contribution in [3.05, 3.63) is 23.8 Å². The van der Waals surface area contributed by atoms with E-state index in [1.165, 1.54) is 5.56 Å². The fourth-order valence-electron chi connectivity index (χ4n) is 3.55. The van der Waals surface area contributed by atoms with Gasteiger partial charge in [-0.3, -0.25) is 4.79 Å². The number of hydrogen-bond donors (Lipinski definition) is 1. The third kappa shape index (κ3) is 0.965. The van der Waals surface area contributed by atoms with Crippen molar-refractivity contribution in [3.8, 4) is 11.5 Å². The highest BCUT2D eigenvalue weighted by Gasteiger charge is 2.72. The standard InChI is InChI=1S/C13H12O4/c14-11(15)13-4-12(5-13,6-13)8-1-2-9-10(3-8)17-7-16-9/h1-3H,4-7H2,(H,14,15). The van der Waals surface area contributed by atoms with E-state index in [9.17, 15) is 4.79 Å². The van der Waals surface area contributed by atoms with Gasteiger partial charge in [0.25, 0.3) is 0 Å². The summed E-state index contributed by atoms with van der Waals surface area (Å²) in [6.07, 6.45) is 2.32. The zero-order valence-electron chi connectivity index (χ0n) is 9.23. The third-order valence-electron chi connectivity index (χ3n) is 4.47. The van der Waals surface area contributed by atoms with Crippen LogP contribution in [0.5, 0.6) is 11.5 Å². The van der Waals surface area contributed by atoms with Crippen LogP contribution in [0.2, 0.25) is 0 Å². The molecule has 5 rings (SSSR count). The van der Waals surface area contributed by atoms with Gasteiger partial charge in [0.2, 0.25) is 6.79 Å². The van der Waals surface area contributed by atoms with Crippen LogP contribution in [0.3, 0.4) is 0 Å². The second-order valence-corrected chi connectivity index (χ2v) is 5.46. The van der Waals surface area contributed by atoms with Crippen molar-refractivity contribution >= 4 is 5.97 Å². The first-order valence-electron chi connectivity index (χ1n) is 5.77. The van der Waals surface area contributed by atoms with Crippen LogP contribution in [0.15, 0.2) is 18.2 Å². The number of fused-ring (bicyclic) bond motifs is 1. The molecule has 0 spiro atoms. The van der Waals surface area contributed by atoms with E-state index >= 15 is 0 Å². The molecule has 1 aliphatic heterocycles. The highest BCUT2D eigenvalue weighted by Crippen LogP contribution is 2.73. The molecule has 1 N–H and O–H groups in total. The maximum absolute atomic E-state index is 11.1. The number of rotatable bonds is 2. The lowest BCUT2D eigenvalue weighted by Crippen LogP contribution is -2.67. The van der Waals surface area contributed by atoms with Gasteiger partial charge in [-0.2, -0.15) is 0 Å². The van der Waals surface area contributed by atoms with Crippen LogP contribution in [0, 0.1) is 5.41 Å². The molecule has 3 saturated carbocycles. The van der Waals surface area contributed by atoms with Gasteiger partial charge < -0.3 is 14.6 Å². The van der Waals surface area contributed by atoms with E-state index in [0.717, 1.165) is 30.8 Å². The fraction of sp³-hybridized carbons (Fsp3) is 0.462. The smallest absolute Gasteiger partial charge is 0.309 e. The summed E-state index contributed by atoms with van der Waals surface area (Å²) in [5.74, 6) is 0.935. The Hall–Kier alpha value is -1.71. The highest BCUT2D eigenvalue weighted by atomic mass is 16.7. The van der Waals surface area contributed by atoms with Crippen molar-refractivity contribution in [2.45, 2.75) is 24.7 Å². The van der Waals surface area contributed by atoms with Crippen molar-refractivity contribution in [1.29, 1.82) is 0 Å². The van der Waals surface area contributed by atoms with Crippen molar-refractivity contribution in [2.24, 2.45) is 5.41 Å². The van der Waals surface area contributed by atoms with Gasteiger partial charge in [-0.05, 0) is 42.4 Å². The molecule has 4 heteroatoms.